The minimum absolute atomic E-state index is 0.152. The van der Waals surface area contributed by atoms with E-state index in [-0.39, 0.29) is 6.10 Å². The molecule has 0 aromatic heterocycles. The maximum absolute atomic E-state index is 9.53. The molecule has 1 N–H and O–H groups in total. The van der Waals surface area contributed by atoms with Gasteiger partial charge in [-0.25, -0.2) is 0 Å². The summed E-state index contributed by atoms with van der Waals surface area (Å²) in [7, 11) is 2.11. The maximum Gasteiger partial charge on any atom is 0.0690 e. The van der Waals surface area contributed by atoms with Crippen LogP contribution in [0.4, 0.5) is 0 Å². The van der Waals surface area contributed by atoms with E-state index in [0.717, 1.165) is 12.5 Å². The molecule has 2 heteroatoms. The Morgan fingerprint density at radius 1 is 1.55 bits per heavy atom. The van der Waals surface area contributed by atoms with Crippen LogP contribution >= 0.6 is 0 Å². The highest BCUT2D eigenvalue weighted by Crippen LogP contribution is 2.27. The highest BCUT2D eigenvalue weighted by atomic mass is 16.3. The van der Waals surface area contributed by atoms with E-state index in [0.29, 0.717) is 6.04 Å². The Balaban J connectivity index is 2.31. The van der Waals surface area contributed by atoms with Crippen molar-refractivity contribution in [2.75, 3.05) is 7.05 Å². The Morgan fingerprint density at radius 3 is 2.45 bits per heavy atom. The van der Waals surface area contributed by atoms with E-state index >= 15 is 0 Å². The van der Waals surface area contributed by atoms with Gasteiger partial charge in [-0.2, -0.15) is 0 Å². The van der Waals surface area contributed by atoms with Crippen molar-refractivity contribution < 1.29 is 5.11 Å². The zero-order valence-corrected chi connectivity index (χ0v) is 7.75. The smallest absolute Gasteiger partial charge is 0.0690 e. The predicted molar refractivity (Wildman–Crippen MR) is 46.5 cm³/mol. The summed E-state index contributed by atoms with van der Waals surface area (Å²) in [5.74, 6) is 0. The molecular formula is C9H19NO. The van der Waals surface area contributed by atoms with Gasteiger partial charge in [0.25, 0.3) is 0 Å². The summed E-state index contributed by atoms with van der Waals surface area (Å²) in [6.07, 6.45) is 3.34. The molecule has 2 unspecified atom stereocenters. The zero-order valence-electron chi connectivity index (χ0n) is 7.75. The summed E-state index contributed by atoms with van der Waals surface area (Å²) in [5, 5.41) is 9.53. The van der Waals surface area contributed by atoms with Gasteiger partial charge >= 0.3 is 0 Å². The second-order valence-corrected chi connectivity index (χ2v) is 3.61. The number of likely N-dealkylation sites (N-methyl/N-ethyl adjacent to an activating group) is 1. The number of rotatable bonds is 4. The number of aliphatic hydroxyl groups is 1. The molecule has 1 saturated carbocycles. The van der Waals surface area contributed by atoms with Crippen LogP contribution in [0.2, 0.25) is 0 Å². The van der Waals surface area contributed by atoms with Gasteiger partial charge in [0.1, 0.15) is 0 Å². The quantitative estimate of drug-likeness (QED) is 0.663. The van der Waals surface area contributed by atoms with Crippen LogP contribution in [-0.4, -0.2) is 35.2 Å². The van der Waals surface area contributed by atoms with Crippen molar-refractivity contribution in [3.05, 3.63) is 0 Å². The Kier molecular flexibility index (Phi) is 2.90. The van der Waals surface area contributed by atoms with E-state index in [1.54, 1.807) is 0 Å². The van der Waals surface area contributed by atoms with E-state index in [1.165, 1.54) is 12.8 Å². The number of hydrogen-bond donors (Lipinski definition) is 1. The predicted octanol–water partition coefficient (Wildman–Crippen LogP) is 1.24. The van der Waals surface area contributed by atoms with Crippen molar-refractivity contribution in [1.29, 1.82) is 0 Å². The lowest BCUT2D eigenvalue weighted by molar-refractivity contribution is 0.0662. The first kappa shape index (κ1) is 9.01. The first-order valence-electron chi connectivity index (χ1n) is 4.56. The summed E-state index contributed by atoms with van der Waals surface area (Å²) in [6, 6.07) is 1.08. The van der Waals surface area contributed by atoms with E-state index in [4.69, 9.17) is 0 Å². The molecule has 66 valence electrons. The van der Waals surface area contributed by atoms with Crippen LogP contribution in [0.15, 0.2) is 0 Å². The van der Waals surface area contributed by atoms with Crippen LogP contribution in [0.5, 0.6) is 0 Å². The minimum atomic E-state index is -0.152. The fourth-order valence-corrected chi connectivity index (χ4v) is 1.43. The van der Waals surface area contributed by atoms with Crippen molar-refractivity contribution in [3.63, 3.8) is 0 Å². The third-order valence-electron chi connectivity index (χ3n) is 2.74. The first-order chi connectivity index (χ1) is 5.16. The van der Waals surface area contributed by atoms with Gasteiger partial charge in [0.2, 0.25) is 0 Å². The lowest BCUT2D eigenvalue weighted by Gasteiger charge is -2.28. The average Bonchev–Trinajstić information content (AvgIpc) is 2.82. The molecule has 0 saturated heterocycles. The highest BCUT2D eigenvalue weighted by Gasteiger charge is 2.31. The molecule has 0 amide bonds. The van der Waals surface area contributed by atoms with E-state index in [9.17, 15) is 5.11 Å². The molecular weight excluding hydrogens is 138 g/mol. The minimum Gasteiger partial charge on any atom is -0.392 e. The van der Waals surface area contributed by atoms with Crippen LogP contribution in [0, 0.1) is 0 Å². The molecule has 0 spiro atoms. The zero-order chi connectivity index (χ0) is 8.43. The van der Waals surface area contributed by atoms with Gasteiger partial charge in [-0.15, -0.1) is 0 Å². The normalized spacial score (nSPS) is 23.7. The number of nitrogens with zero attached hydrogens (tertiary/aromatic N) is 1. The molecule has 1 aliphatic carbocycles. The van der Waals surface area contributed by atoms with Crippen LogP contribution in [-0.2, 0) is 0 Å². The summed E-state index contributed by atoms with van der Waals surface area (Å²) >= 11 is 0. The molecule has 0 aromatic carbocycles. The molecule has 0 aromatic rings. The molecule has 0 heterocycles. The van der Waals surface area contributed by atoms with Gasteiger partial charge in [0.05, 0.1) is 6.10 Å². The van der Waals surface area contributed by atoms with Crippen LogP contribution < -0.4 is 0 Å². The fraction of sp³-hybridized carbons (Fsp3) is 1.00. The Hall–Kier alpha value is -0.0800. The fourth-order valence-electron chi connectivity index (χ4n) is 1.43. The number of aliphatic hydroxyl groups excluding tert-OH is 1. The SMILES string of the molecule is CCC(O)C(C)N(C)C1CC1. The van der Waals surface area contributed by atoms with Crippen molar-refractivity contribution in [1.82, 2.24) is 4.90 Å². The molecule has 1 rings (SSSR count). The Labute approximate surface area is 69.2 Å². The van der Waals surface area contributed by atoms with E-state index in [1.807, 2.05) is 6.92 Å². The number of hydrogen-bond acceptors (Lipinski definition) is 2. The second-order valence-electron chi connectivity index (χ2n) is 3.61. The lowest BCUT2D eigenvalue weighted by Crippen LogP contribution is -2.39. The molecule has 2 atom stereocenters. The standard InChI is InChI=1S/C9H19NO/c1-4-9(11)7(2)10(3)8-5-6-8/h7-9,11H,4-6H2,1-3H3. The van der Waals surface area contributed by atoms with E-state index < -0.39 is 0 Å². The highest BCUT2D eigenvalue weighted by molar-refractivity contribution is 4.87. The first-order valence-corrected chi connectivity index (χ1v) is 4.56. The third-order valence-corrected chi connectivity index (χ3v) is 2.74. The average molecular weight is 157 g/mol. The largest absolute Gasteiger partial charge is 0.392 e. The molecule has 0 radical (unpaired) electrons. The molecule has 0 bridgehead atoms. The van der Waals surface area contributed by atoms with Crippen molar-refractivity contribution in [2.45, 2.75) is 51.3 Å². The van der Waals surface area contributed by atoms with Crippen molar-refractivity contribution >= 4 is 0 Å². The molecule has 0 aliphatic heterocycles. The van der Waals surface area contributed by atoms with Gasteiger partial charge in [0, 0.05) is 12.1 Å². The second kappa shape index (κ2) is 3.55. The van der Waals surface area contributed by atoms with E-state index in [2.05, 4.69) is 18.9 Å². The topological polar surface area (TPSA) is 23.5 Å². The third kappa shape index (κ3) is 2.17. The molecule has 2 nitrogen and oxygen atoms in total. The van der Waals surface area contributed by atoms with Gasteiger partial charge in [0.15, 0.2) is 0 Å². The summed E-state index contributed by atoms with van der Waals surface area (Å²) in [6.45, 7) is 4.13. The molecule has 1 aliphatic rings. The van der Waals surface area contributed by atoms with Gasteiger partial charge in [-0.1, -0.05) is 6.92 Å². The van der Waals surface area contributed by atoms with Gasteiger partial charge in [-0.05, 0) is 33.2 Å². The monoisotopic (exact) mass is 157 g/mol. The van der Waals surface area contributed by atoms with Crippen molar-refractivity contribution in [2.24, 2.45) is 0 Å². The summed E-state index contributed by atoms with van der Waals surface area (Å²) < 4.78 is 0. The summed E-state index contributed by atoms with van der Waals surface area (Å²) in [5.41, 5.74) is 0. The Bertz CT molecular complexity index is 123. The Morgan fingerprint density at radius 2 is 2.09 bits per heavy atom. The molecule has 11 heavy (non-hydrogen) atoms. The summed E-state index contributed by atoms with van der Waals surface area (Å²) in [4.78, 5) is 2.30. The van der Waals surface area contributed by atoms with Crippen LogP contribution in [0.3, 0.4) is 0 Å². The van der Waals surface area contributed by atoms with Gasteiger partial charge in [-0.3, -0.25) is 4.90 Å². The maximum atomic E-state index is 9.53. The molecule has 1 fully saturated rings. The van der Waals surface area contributed by atoms with Crippen LogP contribution in [0.1, 0.15) is 33.1 Å². The lowest BCUT2D eigenvalue weighted by atomic mass is 10.1. The van der Waals surface area contributed by atoms with Gasteiger partial charge < -0.3 is 5.11 Å². The van der Waals surface area contributed by atoms with Crippen molar-refractivity contribution in [3.8, 4) is 0 Å². The van der Waals surface area contributed by atoms with Crippen LogP contribution in [0.25, 0.3) is 0 Å².